The molecule has 0 N–H and O–H groups in total. The number of halogens is 1. The Morgan fingerprint density at radius 3 is 2.29 bits per heavy atom. The molecule has 4 aliphatic heterocycles. The van der Waals surface area contributed by atoms with Crippen LogP contribution in [0.1, 0.15) is 5.56 Å². The summed E-state index contributed by atoms with van der Waals surface area (Å²) in [5, 5.41) is -0.549. The van der Waals surface area contributed by atoms with Crippen molar-refractivity contribution in [1.82, 2.24) is 9.80 Å². The third kappa shape index (κ3) is 3.82. The van der Waals surface area contributed by atoms with Crippen molar-refractivity contribution in [3.05, 3.63) is 50.9 Å². The molecule has 1 aromatic carbocycles. The molecule has 0 aliphatic carbocycles. The molecule has 0 saturated carbocycles. The normalized spacial score (nSPS) is 24.2. The second kappa shape index (κ2) is 9.52. The summed E-state index contributed by atoms with van der Waals surface area (Å²) in [4.78, 5) is 55.4. The molecule has 0 bridgehead atoms. The molecule has 2 atom stereocenters. The molecule has 34 heavy (non-hydrogen) atoms. The van der Waals surface area contributed by atoms with Gasteiger partial charge in [0.15, 0.2) is 0 Å². The van der Waals surface area contributed by atoms with Gasteiger partial charge in [-0.3, -0.25) is 24.2 Å². The predicted molar refractivity (Wildman–Crippen MR) is 131 cm³/mol. The van der Waals surface area contributed by atoms with E-state index in [2.05, 4.69) is 0 Å². The number of thioether (sulfide) groups is 3. The Labute approximate surface area is 213 Å². The quantitative estimate of drug-likeness (QED) is 0.234. The molecule has 4 heterocycles. The van der Waals surface area contributed by atoms with Crippen molar-refractivity contribution in [2.75, 3.05) is 30.2 Å². The zero-order valence-electron chi connectivity index (χ0n) is 17.9. The van der Waals surface area contributed by atoms with Gasteiger partial charge in [-0.05, 0) is 23.3 Å². The van der Waals surface area contributed by atoms with Gasteiger partial charge in [0, 0.05) is 23.1 Å². The predicted octanol–water partition coefficient (Wildman–Crippen LogP) is 2.58. The number of esters is 1. The van der Waals surface area contributed by atoms with Crippen LogP contribution in [0.25, 0.3) is 0 Å². The van der Waals surface area contributed by atoms with Gasteiger partial charge < -0.3 is 9.47 Å². The summed E-state index contributed by atoms with van der Waals surface area (Å²) < 4.78 is 10.6. The number of carbonyl (C=O) groups is 4. The number of alkyl halides is 1. The lowest BCUT2D eigenvalue weighted by molar-refractivity contribution is -0.162. The Morgan fingerprint density at radius 2 is 1.71 bits per heavy atom. The minimum Gasteiger partial charge on any atom is -0.497 e. The van der Waals surface area contributed by atoms with Crippen LogP contribution in [-0.2, 0) is 30.5 Å². The first-order valence-corrected chi connectivity index (χ1v) is 13.9. The molecule has 5 rings (SSSR count). The van der Waals surface area contributed by atoms with Gasteiger partial charge in [0.2, 0.25) is 0 Å². The van der Waals surface area contributed by atoms with Crippen LogP contribution >= 0.6 is 46.9 Å². The number of nitrogens with zero attached hydrogens (tertiary/aromatic N) is 2. The Bertz CT molecular complexity index is 1120. The minimum absolute atomic E-state index is 0.0132. The highest BCUT2D eigenvalue weighted by molar-refractivity contribution is 8.11. The van der Waals surface area contributed by atoms with Crippen molar-refractivity contribution in [1.29, 1.82) is 0 Å². The highest BCUT2D eigenvalue weighted by Crippen LogP contribution is 2.48. The van der Waals surface area contributed by atoms with Gasteiger partial charge in [0.25, 0.3) is 17.7 Å². The number of fused-ring (bicyclic) bond motifs is 1. The van der Waals surface area contributed by atoms with Crippen LogP contribution in [0, 0.1) is 0 Å². The number of hydrogen-bond donors (Lipinski definition) is 0. The summed E-state index contributed by atoms with van der Waals surface area (Å²) in [5.41, 5.74) is 1.45. The van der Waals surface area contributed by atoms with E-state index in [1.807, 2.05) is 0 Å². The van der Waals surface area contributed by atoms with Crippen LogP contribution in [0.4, 0.5) is 0 Å². The first kappa shape index (κ1) is 23.7. The molecule has 12 heteroatoms. The summed E-state index contributed by atoms with van der Waals surface area (Å²) in [6.07, 6.45) is 0. The summed E-state index contributed by atoms with van der Waals surface area (Å²) in [6.45, 7) is 0.0132. The van der Waals surface area contributed by atoms with Crippen LogP contribution in [0.15, 0.2) is 45.3 Å². The van der Waals surface area contributed by atoms with E-state index in [1.54, 1.807) is 31.4 Å². The largest absolute Gasteiger partial charge is 0.497 e. The van der Waals surface area contributed by atoms with Crippen molar-refractivity contribution in [3.63, 3.8) is 0 Å². The number of amides is 3. The molecule has 0 radical (unpaired) electrons. The molecule has 3 amide bonds. The second-order valence-corrected chi connectivity index (χ2v) is 11.3. The fourth-order valence-electron chi connectivity index (χ4n) is 4.10. The van der Waals surface area contributed by atoms with E-state index in [0.29, 0.717) is 26.9 Å². The lowest BCUT2D eigenvalue weighted by Gasteiger charge is -2.51. The summed E-state index contributed by atoms with van der Waals surface area (Å²) >= 11 is 10.2. The highest BCUT2D eigenvalue weighted by Gasteiger charge is 2.60. The van der Waals surface area contributed by atoms with Gasteiger partial charge in [-0.1, -0.05) is 12.1 Å². The van der Waals surface area contributed by atoms with E-state index in [1.165, 1.54) is 40.2 Å². The number of rotatable bonds is 6. The van der Waals surface area contributed by atoms with Crippen molar-refractivity contribution < 1.29 is 28.7 Å². The Morgan fingerprint density at radius 1 is 1.06 bits per heavy atom. The van der Waals surface area contributed by atoms with Crippen LogP contribution in [-0.4, -0.2) is 75.2 Å². The number of methoxy groups -OCH3 is 1. The van der Waals surface area contributed by atoms with Gasteiger partial charge in [0.05, 0.1) is 16.9 Å². The number of β-lactam (4-membered cyclic amide) rings is 1. The molecule has 0 spiro atoms. The summed E-state index contributed by atoms with van der Waals surface area (Å²) in [5.74, 6) is 0.638. The van der Waals surface area contributed by atoms with Crippen LogP contribution in [0.2, 0.25) is 0 Å². The zero-order valence-corrected chi connectivity index (χ0v) is 21.2. The molecule has 1 aromatic rings. The fourth-order valence-corrected chi connectivity index (χ4v) is 8.13. The van der Waals surface area contributed by atoms with Crippen LogP contribution in [0.3, 0.4) is 0 Å². The van der Waals surface area contributed by atoms with E-state index >= 15 is 0 Å². The number of benzene rings is 1. The van der Waals surface area contributed by atoms with Crippen molar-refractivity contribution >= 4 is 70.6 Å². The van der Waals surface area contributed by atoms with E-state index < -0.39 is 35.1 Å². The maximum Gasteiger partial charge on any atom is 0.355 e. The minimum atomic E-state index is -0.946. The lowest BCUT2D eigenvalue weighted by Crippen LogP contribution is -2.71. The maximum atomic E-state index is 13.2. The fraction of sp³-hybridized carbons (Fsp3) is 0.364. The van der Waals surface area contributed by atoms with Gasteiger partial charge in [-0.25, -0.2) is 4.79 Å². The first-order chi connectivity index (χ1) is 16.5. The van der Waals surface area contributed by atoms with Gasteiger partial charge in [0.1, 0.15) is 29.5 Å². The zero-order chi connectivity index (χ0) is 24.0. The summed E-state index contributed by atoms with van der Waals surface area (Å²) in [7, 11) is 1.57. The Hall–Kier alpha value is -2.08. The van der Waals surface area contributed by atoms with Gasteiger partial charge in [-0.15, -0.1) is 46.9 Å². The average Bonchev–Trinajstić information content (AvgIpc) is 3.12. The maximum absolute atomic E-state index is 13.2. The Kier molecular flexibility index (Phi) is 6.62. The van der Waals surface area contributed by atoms with Crippen molar-refractivity contribution in [3.8, 4) is 5.75 Å². The second-order valence-electron chi connectivity index (χ2n) is 7.70. The molecule has 0 unspecified atom stereocenters. The third-order valence-corrected chi connectivity index (χ3v) is 9.98. The SMILES string of the molecule is COc1ccc(COC(=O)C2=C(CCl)CS[C@@H]3[C@H](N4C(=O)C5=C(SCCS5)C4=O)C(=O)N23)cc1. The van der Waals surface area contributed by atoms with Crippen molar-refractivity contribution in [2.24, 2.45) is 0 Å². The van der Waals surface area contributed by atoms with Crippen LogP contribution < -0.4 is 4.74 Å². The average molecular weight is 539 g/mol. The van der Waals surface area contributed by atoms with Gasteiger partial charge >= 0.3 is 5.97 Å². The van der Waals surface area contributed by atoms with E-state index in [-0.39, 0.29) is 18.2 Å². The van der Waals surface area contributed by atoms with E-state index in [4.69, 9.17) is 21.1 Å². The molecular formula is C22H19ClN2O6S3. The highest BCUT2D eigenvalue weighted by atomic mass is 35.5. The molecule has 8 nitrogen and oxygen atoms in total. The van der Waals surface area contributed by atoms with E-state index in [0.717, 1.165) is 22.0 Å². The standard InChI is InChI=1S/C22H19ClN2O6S3/c1-30-13-4-2-11(3-5-13)9-31-22(29)14-12(8-23)10-34-21-15(18(26)25(14)21)24-19(27)16-17(20(24)28)33-7-6-32-16/h2-5,15,21H,6-10H2,1H3/t15-,21-/m1/s1. The number of hydrogen-bond acceptors (Lipinski definition) is 9. The monoisotopic (exact) mass is 538 g/mol. The lowest BCUT2D eigenvalue weighted by atomic mass is 10.0. The summed E-state index contributed by atoms with van der Waals surface area (Å²) in [6, 6.07) is 6.14. The Balaban J connectivity index is 1.33. The molecular weight excluding hydrogens is 520 g/mol. The van der Waals surface area contributed by atoms with Gasteiger partial charge in [-0.2, -0.15) is 0 Å². The number of ether oxygens (including phenoxy) is 2. The smallest absolute Gasteiger partial charge is 0.355 e. The van der Waals surface area contributed by atoms with E-state index in [9.17, 15) is 19.2 Å². The molecule has 178 valence electrons. The first-order valence-electron chi connectivity index (χ1n) is 10.4. The molecule has 1 saturated heterocycles. The molecule has 0 aromatic heterocycles. The molecule has 1 fully saturated rings. The van der Waals surface area contributed by atoms with Crippen molar-refractivity contribution in [2.45, 2.75) is 18.0 Å². The third-order valence-electron chi connectivity index (χ3n) is 5.79. The number of imide groups is 1. The topological polar surface area (TPSA) is 93.2 Å². The number of carbonyl (C=O) groups excluding carboxylic acids is 4. The molecule has 4 aliphatic rings. The van der Waals surface area contributed by atoms with Crippen LogP contribution in [0.5, 0.6) is 5.75 Å².